The molecule has 4 rings (SSSR count). The number of ether oxygens (including phenoxy) is 1. The number of nitrogens with one attached hydrogen (secondary N) is 2. The number of aromatic nitrogens is 2. The van der Waals surface area contributed by atoms with Crippen LogP contribution in [-0.2, 0) is 18.0 Å². The second kappa shape index (κ2) is 9.56. The minimum atomic E-state index is -4.59. The fourth-order valence-corrected chi connectivity index (χ4v) is 3.57. The summed E-state index contributed by atoms with van der Waals surface area (Å²) in [6, 6.07) is 11.9. The molecule has 2 amide bonds. The molecule has 0 spiro atoms. The molecular formula is C23H22F3N5O3. The summed E-state index contributed by atoms with van der Waals surface area (Å²) in [6.07, 6.45) is -4.59. The SMILES string of the molecule is Cn1c(-c2ccc(NC(=O)Nc3ccccc3C(F)(F)F)cc2)nc(N2CCOCC2)cc1=O. The van der Waals surface area contributed by atoms with Crippen molar-refractivity contribution in [2.24, 2.45) is 7.05 Å². The van der Waals surface area contributed by atoms with Crippen LogP contribution in [0.15, 0.2) is 59.4 Å². The fourth-order valence-electron chi connectivity index (χ4n) is 3.57. The van der Waals surface area contributed by atoms with Gasteiger partial charge >= 0.3 is 12.2 Å². The topological polar surface area (TPSA) is 88.5 Å². The molecule has 1 aromatic heterocycles. The van der Waals surface area contributed by atoms with Gasteiger partial charge in [-0.25, -0.2) is 9.78 Å². The molecule has 0 bridgehead atoms. The number of carbonyl (C=O) groups is 1. The van der Waals surface area contributed by atoms with E-state index in [1.165, 1.54) is 28.8 Å². The van der Waals surface area contributed by atoms with Crippen molar-refractivity contribution in [1.82, 2.24) is 9.55 Å². The van der Waals surface area contributed by atoms with Crippen molar-refractivity contribution < 1.29 is 22.7 Å². The number of halogens is 3. The molecule has 0 atom stereocenters. The molecule has 2 N–H and O–H groups in total. The quantitative estimate of drug-likeness (QED) is 0.599. The van der Waals surface area contributed by atoms with Crippen LogP contribution in [0.25, 0.3) is 11.4 Å². The van der Waals surface area contributed by atoms with Gasteiger partial charge in [0.15, 0.2) is 0 Å². The molecule has 0 unspecified atom stereocenters. The number of urea groups is 1. The third-order valence-electron chi connectivity index (χ3n) is 5.34. The molecule has 1 aliphatic heterocycles. The van der Waals surface area contributed by atoms with E-state index in [0.29, 0.717) is 49.2 Å². The maximum atomic E-state index is 13.1. The highest BCUT2D eigenvalue weighted by Crippen LogP contribution is 2.34. The molecule has 0 radical (unpaired) electrons. The van der Waals surface area contributed by atoms with Gasteiger partial charge in [0.25, 0.3) is 5.56 Å². The van der Waals surface area contributed by atoms with Gasteiger partial charge < -0.3 is 20.3 Å². The van der Waals surface area contributed by atoms with Crippen LogP contribution in [0.3, 0.4) is 0 Å². The largest absolute Gasteiger partial charge is 0.418 e. The van der Waals surface area contributed by atoms with Crippen LogP contribution in [0.4, 0.5) is 35.2 Å². The van der Waals surface area contributed by atoms with Crippen LogP contribution >= 0.6 is 0 Å². The smallest absolute Gasteiger partial charge is 0.378 e. The van der Waals surface area contributed by atoms with Gasteiger partial charge in [-0.1, -0.05) is 12.1 Å². The number of hydrogen-bond donors (Lipinski definition) is 2. The Morgan fingerprint density at radius 3 is 2.38 bits per heavy atom. The van der Waals surface area contributed by atoms with Gasteiger partial charge in [0.2, 0.25) is 0 Å². The van der Waals surface area contributed by atoms with Crippen molar-refractivity contribution in [3.8, 4) is 11.4 Å². The van der Waals surface area contributed by atoms with Gasteiger partial charge in [-0.05, 0) is 36.4 Å². The molecule has 0 saturated carbocycles. The maximum absolute atomic E-state index is 13.1. The van der Waals surface area contributed by atoms with Crippen LogP contribution in [0.2, 0.25) is 0 Å². The highest BCUT2D eigenvalue weighted by Gasteiger charge is 2.33. The van der Waals surface area contributed by atoms with Gasteiger partial charge in [-0.2, -0.15) is 13.2 Å². The minimum absolute atomic E-state index is 0.212. The zero-order valence-corrected chi connectivity index (χ0v) is 18.2. The van der Waals surface area contributed by atoms with Gasteiger partial charge in [-0.3, -0.25) is 9.36 Å². The molecule has 2 aromatic carbocycles. The molecule has 8 nitrogen and oxygen atoms in total. The predicted molar refractivity (Wildman–Crippen MR) is 122 cm³/mol. The Bertz CT molecular complexity index is 1240. The molecule has 0 aliphatic carbocycles. The lowest BCUT2D eigenvalue weighted by molar-refractivity contribution is -0.136. The average molecular weight is 473 g/mol. The van der Waals surface area contributed by atoms with Crippen molar-refractivity contribution >= 4 is 23.2 Å². The summed E-state index contributed by atoms with van der Waals surface area (Å²) < 4.78 is 46.2. The summed E-state index contributed by atoms with van der Waals surface area (Å²) in [5.74, 6) is 1.01. The number of rotatable bonds is 4. The Labute approximate surface area is 193 Å². The van der Waals surface area contributed by atoms with Crippen LogP contribution in [0.1, 0.15) is 5.56 Å². The second-order valence-corrected chi connectivity index (χ2v) is 7.63. The summed E-state index contributed by atoms with van der Waals surface area (Å²) in [5, 5.41) is 4.74. The third-order valence-corrected chi connectivity index (χ3v) is 5.34. The first-order chi connectivity index (χ1) is 16.2. The highest BCUT2D eigenvalue weighted by atomic mass is 19.4. The van der Waals surface area contributed by atoms with Crippen molar-refractivity contribution in [3.05, 3.63) is 70.5 Å². The number of morpholine rings is 1. The van der Waals surface area contributed by atoms with Crippen LogP contribution in [0.5, 0.6) is 0 Å². The molecule has 2 heterocycles. The van der Waals surface area contributed by atoms with E-state index in [1.54, 1.807) is 31.3 Å². The average Bonchev–Trinajstić information content (AvgIpc) is 2.81. The van der Waals surface area contributed by atoms with E-state index in [1.807, 2.05) is 4.90 Å². The number of para-hydroxylation sites is 1. The fraction of sp³-hybridized carbons (Fsp3) is 0.261. The van der Waals surface area contributed by atoms with E-state index in [4.69, 9.17) is 4.74 Å². The number of alkyl halides is 3. The monoisotopic (exact) mass is 473 g/mol. The maximum Gasteiger partial charge on any atom is 0.418 e. The van der Waals surface area contributed by atoms with Crippen molar-refractivity contribution in [2.45, 2.75) is 6.18 Å². The summed E-state index contributed by atoms with van der Waals surface area (Å²) in [7, 11) is 1.62. The van der Waals surface area contributed by atoms with Gasteiger partial charge in [-0.15, -0.1) is 0 Å². The summed E-state index contributed by atoms with van der Waals surface area (Å²) >= 11 is 0. The number of benzene rings is 2. The Balaban J connectivity index is 1.50. The minimum Gasteiger partial charge on any atom is -0.378 e. The second-order valence-electron chi connectivity index (χ2n) is 7.63. The van der Waals surface area contributed by atoms with Crippen molar-refractivity contribution in [3.63, 3.8) is 0 Å². The number of nitrogens with zero attached hydrogens (tertiary/aromatic N) is 3. The van der Waals surface area contributed by atoms with Crippen molar-refractivity contribution in [2.75, 3.05) is 41.8 Å². The van der Waals surface area contributed by atoms with E-state index in [-0.39, 0.29) is 11.2 Å². The number of anilines is 3. The predicted octanol–water partition coefficient (Wildman–Crippen LogP) is 3.95. The number of carbonyl (C=O) groups excluding carboxylic acids is 1. The Morgan fingerprint density at radius 2 is 1.71 bits per heavy atom. The zero-order valence-electron chi connectivity index (χ0n) is 18.2. The first kappa shape index (κ1) is 23.3. The molecule has 178 valence electrons. The van der Waals surface area contributed by atoms with Crippen LogP contribution in [-0.4, -0.2) is 41.9 Å². The zero-order chi connectivity index (χ0) is 24.3. The molecule has 1 fully saturated rings. The number of amides is 2. The normalized spacial score (nSPS) is 14.1. The van der Waals surface area contributed by atoms with Gasteiger partial charge in [0.1, 0.15) is 11.6 Å². The van der Waals surface area contributed by atoms with Gasteiger partial charge in [0, 0.05) is 37.5 Å². The van der Waals surface area contributed by atoms with E-state index in [0.717, 1.165) is 6.07 Å². The lowest BCUT2D eigenvalue weighted by Crippen LogP contribution is -2.38. The Kier molecular flexibility index (Phi) is 6.55. The van der Waals surface area contributed by atoms with E-state index in [9.17, 15) is 22.8 Å². The highest BCUT2D eigenvalue weighted by molar-refractivity contribution is 6.00. The molecule has 34 heavy (non-hydrogen) atoms. The first-order valence-electron chi connectivity index (χ1n) is 10.5. The molecule has 1 saturated heterocycles. The standard InChI is InChI=1S/C23H22F3N5O3/c1-30-20(32)14-19(31-10-12-34-13-11-31)29-21(30)15-6-8-16(9-7-15)27-22(33)28-18-5-3-2-4-17(18)23(24,25)26/h2-9,14H,10-13H2,1H3,(H2,27,28,33). The third kappa shape index (κ3) is 5.20. The van der Waals surface area contributed by atoms with Crippen molar-refractivity contribution in [1.29, 1.82) is 0 Å². The Morgan fingerprint density at radius 1 is 1.03 bits per heavy atom. The summed E-state index contributed by atoms with van der Waals surface area (Å²) in [6.45, 7) is 2.38. The molecule has 3 aromatic rings. The molecular weight excluding hydrogens is 451 g/mol. The van der Waals surface area contributed by atoms with Gasteiger partial charge in [0.05, 0.1) is 24.5 Å². The number of hydrogen-bond acceptors (Lipinski definition) is 5. The summed E-state index contributed by atoms with van der Waals surface area (Å²) in [4.78, 5) is 31.4. The van der Waals surface area contributed by atoms with E-state index < -0.39 is 17.8 Å². The molecule has 11 heteroatoms. The van der Waals surface area contributed by atoms with E-state index in [2.05, 4.69) is 15.6 Å². The lowest BCUT2D eigenvalue weighted by atomic mass is 10.1. The molecule has 1 aliphatic rings. The Hall–Kier alpha value is -3.86. The van der Waals surface area contributed by atoms with Crippen LogP contribution in [0, 0.1) is 0 Å². The van der Waals surface area contributed by atoms with E-state index >= 15 is 0 Å². The summed E-state index contributed by atoms with van der Waals surface area (Å²) in [5.41, 5.74) is -0.490. The van der Waals surface area contributed by atoms with Crippen LogP contribution < -0.4 is 21.1 Å². The first-order valence-corrected chi connectivity index (χ1v) is 10.5. The lowest BCUT2D eigenvalue weighted by Gasteiger charge is -2.28.